The summed E-state index contributed by atoms with van der Waals surface area (Å²) < 4.78 is 0. The standard InChI is InChI=1S/C21H19Cl2N3O3/c22-16-8-4-7-15(18(16)23)20(28)26-11-9-21(10-12-26)13-17(25-29-21)19(27)24-14-5-2-1-3-6-14/h1-8H,9-13H2,(H,24,27). The van der Waals surface area contributed by atoms with Crippen molar-refractivity contribution in [2.24, 2.45) is 5.16 Å². The monoisotopic (exact) mass is 431 g/mol. The highest BCUT2D eigenvalue weighted by Gasteiger charge is 2.44. The molecule has 1 N–H and O–H groups in total. The lowest BCUT2D eigenvalue weighted by Crippen LogP contribution is -2.47. The second-order valence-electron chi connectivity index (χ2n) is 7.20. The summed E-state index contributed by atoms with van der Waals surface area (Å²) >= 11 is 12.2. The summed E-state index contributed by atoms with van der Waals surface area (Å²) in [6.07, 6.45) is 1.59. The molecule has 0 unspecified atom stereocenters. The molecule has 29 heavy (non-hydrogen) atoms. The molecule has 2 aliphatic rings. The molecule has 4 rings (SSSR count). The summed E-state index contributed by atoms with van der Waals surface area (Å²) in [5, 5.41) is 7.47. The highest BCUT2D eigenvalue weighted by atomic mass is 35.5. The van der Waals surface area contributed by atoms with Gasteiger partial charge in [0.1, 0.15) is 11.3 Å². The molecular formula is C21H19Cl2N3O3. The van der Waals surface area contributed by atoms with Gasteiger partial charge in [0.05, 0.1) is 15.6 Å². The molecule has 0 saturated carbocycles. The molecule has 2 aromatic rings. The quantitative estimate of drug-likeness (QED) is 0.783. The molecule has 0 aliphatic carbocycles. The molecule has 0 aromatic heterocycles. The molecular weight excluding hydrogens is 413 g/mol. The number of anilines is 1. The Morgan fingerprint density at radius 2 is 1.76 bits per heavy atom. The Morgan fingerprint density at radius 3 is 2.48 bits per heavy atom. The number of halogens is 2. The van der Waals surface area contributed by atoms with E-state index >= 15 is 0 Å². The first-order valence-electron chi connectivity index (χ1n) is 9.32. The predicted molar refractivity (Wildman–Crippen MR) is 113 cm³/mol. The van der Waals surface area contributed by atoms with Crippen LogP contribution >= 0.6 is 23.2 Å². The molecule has 8 heteroatoms. The number of amides is 2. The zero-order valence-corrected chi connectivity index (χ0v) is 17.0. The van der Waals surface area contributed by atoms with Crippen LogP contribution in [0.25, 0.3) is 0 Å². The van der Waals surface area contributed by atoms with Crippen molar-refractivity contribution in [1.29, 1.82) is 0 Å². The van der Waals surface area contributed by atoms with Crippen LogP contribution in [-0.2, 0) is 9.63 Å². The Bertz CT molecular complexity index is 970. The zero-order chi connectivity index (χ0) is 20.4. The van der Waals surface area contributed by atoms with E-state index in [1.165, 1.54) is 0 Å². The lowest BCUT2D eigenvalue weighted by atomic mass is 9.86. The minimum Gasteiger partial charge on any atom is -0.388 e. The highest BCUT2D eigenvalue weighted by molar-refractivity contribution is 6.44. The van der Waals surface area contributed by atoms with Crippen LogP contribution < -0.4 is 5.32 Å². The molecule has 1 spiro atoms. The Balaban J connectivity index is 1.36. The van der Waals surface area contributed by atoms with E-state index in [-0.39, 0.29) is 16.8 Å². The molecule has 150 valence electrons. The van der Waals surface area contributed by atoms with E-state index in [1.54, 1.807) is 23.1 Å². The van der Waals surface area contributed by atoms with E-state index in [0.29, 0.717) is 54.3 Å². The van der Waals surface area contributed by atoms with Gasteiger partial charge in [-0.05, 0) is 24.3 Å². The second-order valence-corrected chi connectivity index (χ2v) is 7.99. The van der Waals surface area contributed by atoms with Gasteiger partial charge in [-0.3, -0.25) is 9.59 Å². The van der Waals surface area contributed by atoms with Gasteiger partial charge >= 0.3 is 0 Å². The Labute approximate surface area is 178 Å². The maximum absolute atomic E-state index is 12.8. The highest BCUT2D eigenvalue weighted by Crippen LogP contribution is 2.36. The van der Waals surface area contributed by atoms with Crippen LogP contribution in [0.5, 0.6) is 0 Å². The average molecular weight is 432 g/mol. The lowest BCUT2D eigenvalue weighted by molar-refractivity contribution is -0.110. The second kappa shape index (κ2) is 8.05. The van der Waals surface area contributed by atoms with Crippen LogP contribution in [0.3, 0.4) is 0 Å². The van der Waals surface area contributed by atoms with Gasteiger partial charge in [0.15, 0.2) is 0 Å². The summed E-state index contributed by atoms with van der Waals surface area (Å²) in [5.74, 6) is -0.425. The van der Waals surface area contributed by atoms with Gasteiger partial charge in [-0.2, -0.15) is 0 Å². The van der Waals surface area contributed by atoms with Crippen molar-refractivity contribution < 1.29 is 14.4 Å². The van der Waals surface area contributed by atoms with Gasteiger partial charge in [0, 0.05) is 38.0 Å². The van der Waals surface area contributed by atoms with Crippen molar-refractivity contribution in [2.45, 2.75) is 24.9 Å². The van der Waals surface area contributed by atoms with E-state index < -0.39 is 5.60 Å². The van der Waals surface area contributed by atoms with Crippen molar-refractivity contribution >= 4 is 46.4 Å². The molecule has 2 heterocycles. The van der Waals surface area contributed by atoms with Gasteiger partial charge in [-0.1, -0.05) is 52.6 Å². The Kier molecular flexibility index (Phi) is 5.48. The van der Waals surface area contributed by atoms with Crippen LogP contribution in [0.4, 0.5) is 5.69 Å². The zero-order valence-electron chi connectivity index (χ0n) is 15.5. The summed E-state index contributed by atoms with van der Waals surface area (Å²) in [4.78, 5) is 32.7. The number of piperidine rings is 1. The van der Waals surface area contributed by atoms with Crippen LogP contribution in [0.2, 0.25) is 10.0 Å². The SMILES string of the molecule is O=C(Nc1ccccc1)C1=NOC2(CCN(C(=O)c3cccc(Cl)c3Cl)CC2)C1. The number of hydrogen-bond acceptors (Lipinski definition) is 4. The Hall–Kier alpha value is -2.57. The van der Waals surface area contributed by atoms with Gasteiger partial charge in [-0.15, -0.1) is 0 Å². The van der Waals surface area contributed by atoms with E-state index in [0.717, 1.165) is 0 Å². The first-order chi connectivity index (χ1) is 14.0. The van der Waals surface area contributed by atoms with Gasteiger partial charge in [0.2, 0.25) is 0 Å². The van der Waals surface area contributed by atoms with E-state index in [9.17, 15) is 9.59 Å². The minimum atomic E-state index is -0.543. The maximum atomic E-state index is 12.8. The molecule has 0 atom stereocenters. The number of benzene rings is 2. The molecule has 1 saturated heterocycles. The van der Waals surface area contributed by atoms with Crippen LogP contribution in [0.1, 0.15) is 29.6 Å². The summed E-state index contributed by atoms with van der Waals surface area (Å²) in [7, 11) is 0. The normalized spacial score (nSPS) is 17.6. The maximum Gasteiger partial charge on any atom is 0.273 e. The number of carbonyl (C=O) groups is 2. The van der Waals surface area contributed by atoms with Crippen molar-refractivity contribution in [1.82, 2.24) is 4.90 Å². The van der Waals surface area contributed by atoms with E-state index in [4.69, 9.17) is 28.0 Å². The van der Waals surface area contributed by atoms with Crippen molar-refractivity contribution in [2.75, 3.05) is 18.4 Å². The lowest BCUT2D eigenvalue weighted by Gasteiger charge is -2.37. The summed E-state index contributed by atoms with van der Waals surface area (Å²) in [6.45, 7) is 0.982. The number of rotatable bonds is 3. The van der Waals surface area contributed by atoms with Crippen LogP contribution in [-0.4, -0.2) is 41.1 Å². The smallest absolute Gasteiger partial charge is 0.273 e. The fraction of sp³-hybridized carbons (Fsp3) is 0.286. The van der Waals surface area contributed by atoms with Crippen LogP contribution in [0.15, 0.2) is 53.7 Å². The first-order valence-corrected chi connectivity index (χ1v) is 10.1. The van der Waals surface area contributed by atoms with E-state index in [2.05, 4.69) is 10.5 Å². The number of oxime groups is 1. The van der Waals surface area contributed by atoms with Gasteiger partial charge in [-0.25, -0.2) is 0 Å². The van der Waals surface area contributed by atoms with Crippen molar-refractivity contribution in [3.8, 4) is 0 Å². The largest absolute Gasteiger partial charge is 0.388 e. The van der Waals surface area contributed by atoms with Crippen LogP contribution in [0, 0.1) is 0 Å². The minimum absolute atomic E-state index is 0.159. The number of likely N-dealkylation sites (tertiary alicyclic amines) is 1. The van der Waals surface area contributed by atoms with E-state index in [1.807, 2.05) is 30.3 Å². The molecule has 1 fully saturated rings. The number of carbonyl (C=O) groups excluding carboxylic acids is 2. The third kappa shape index (κ3) is 4.09. The fourth-order valence-electron chi connectivity index (χ4n) is 3.59. The summed E-state index contributed by atoms with van der Waals surface area (Å²) in [5.41, 5.74) is 0.922. The predicted octanol–water partition coefficient (Wildman–Crippen LogP) is 4.38. The first kappa shape index (κ1) is 19.7. The Morgan fingerprint density at radius 1 is 1.03 bits per heavy atom. The summed E-state index contributed by atoms with van der Waals surface area (Å²) in [6, 6.07) is 14.2. The molecule has 0 bridgehead atoms. The third-order valence-corrected chi connectivity index (χ3v) is 6.10. The topological polar surface area (TPSA) is 71.0 Å². The molecule has 0 radical (unpaired) electrons. The number of nitrogens with one attached hydrogen (secondary N) is 1. The molecule has 2 aromatic carbocycles. The van der Waals surface area contributed by atoms with Crippen molar-refractivity contribution in [3.05, 3.63) is 64.1 Å². The number of hydrogen-bond donors (Lipinski definition) is 1. The average Bonchev–Trinajstić information content (AvgIpc) is 3.15. The number of nitrogens with zero attached hydrogens (tertiary/aromatic N) is 2. The molecule has 2 aliphatic heterocycles. The van der Waals surface area contributed by atoms with Gasteiger partial charge < -0.3 is 15.1 Å². The molecule has 2 amide bonds. The fourth-order valence-corrected chi connectivity index (χ4v) is 3.97. The van der Waals surface area contributed by atoms with Gasteiger partial charge in [0.25, 0.3) is 11.8 Å². The van der Waals surface area contributed by atoms with Crippen molar-refractivity contribution in [3.63, 3.8) is 0 Å². The third-order valence-electron chi connectivity index (χ3n) is 5.28. The molecule has 6 nitrogen and oxygen atoms in total. The number of para-hydroxylation sites is 1.